The molecule has 0 spiro atoms. The summed E-state index contributed by atoms with van der Waals surface area (Å²) in [5.41, 5.74) is 5.72. The van der Waals surface area contributed by atoms with Gasteiger partial charge in [0, 0.05) is 20.1 Å². The summed E-state index contributed by atoms with van der Waals surface area (Å²) in [6, 6.07) is -0.426. The predicted molar refractivity (Wildman–Crippen MR) is 63.6 cm³/mol. The van der Waals surface area contributed by atoms with Crippen molar-refractivity contribution in [3.63, 3.8) is 0 Å². The molecule has 1 atom stereocenters. The average Bonchev–Trinajstić information content (AvgIpc) is 2.10. The van der Waals surface area contributed by atoms with Crippen molar-refractivity contribution in [2.24, 2.45) is 11.1 Å². The second-order valence-electron chi connectivity index (χ2n) is 5.41. The van der Waals surface area contributed by atoms with Gasteiger partial charge in [-0.1, -0.05) is 20.8 Å². The van der Waals surface area contributed by atoms with Gasteiger partial charge in [-0.05, 0) is 19.5 Å². The second kappa shape index (κ2) is 5.47. The standard InChI is InChI=1S/C11H25N3O/c1-11(2,3)9(12)10(15)14(6)8-7-13(4)5/h9H,7-8,12H2,1-6H3/t9-/m0/s1. The molecular formula is C11H25N3O. The molecule has 0 aliphatic carbocycles. The van der Waals surface area contributed by atoms with E-state index in [2.05, 4.69) is 0 Å². The van der Waals surface area contributed by atoms with Crippen LogP contribution in [0.25, 0.3) is 0 Å². The van der Waals surface area contributed by atoms with Crippen LogP contribution in [0.5, 0.6) is 0 Å². The minimum atomic E-state index is -0.426. The summed E-state index contributed by atoms with van der Waals surface area (Å²) < 4.78 is 0. The van der Waals surface area contributed by atoms with Crippen LogP contribution in [0.15, 0.2) is 0 Å². The van der Waals surface area contributed by atoms with Gasteiger partial charge in [-0.2, -0.15) is 0 Å². The molecule has 0 aliphatic rings. The lowest BCUT2D eigenvalue weighted by molar-refractivity contribution is -0.133. The van der Waals surface area contributed by atoms with Gasteiger partial charge < -0.3 is 15.5 Å². The second-order valence-corrected chi connectivity index (χ2v) is 5.41. The zero-order chi connectivity index (χ0) is 12.2. The van der Waals surface area contributed by atoms with Crippen LogP contribution < -0.4 is 5.73 Å². The van der Waals surface area contributed by atoms with E-state index in [1.807, 2.05) is 39.8 Å². The van der Waals surface area contributed by atoms with E-state index in [0.29, 0.717) is 0 Å². The van der Waals surface area contributed by atoms with Gasteiger partial charge in [-0.3, -0.25) is 4.79 Å². The molecule has 0 aromatic carbocycles. The Morgan fingerprint density at radius 3 is 2.00 bits per heavy atom. The van der Waals surface area contributed by atoms with Crippen molar-refractivity contribution in [1.29, 1.82) is 0 Å². The van der Waals surface area contributed by atoms with Gasteiger partial charge in [0.25, 0.3) is 0 Å². The first-order valence-corrected chi connectivity index (χ1v) is 5.31. The van der Waals surface area contributed by atoms with Gasteiger partial charge in [0.15, 0.2) is 0 Å². The number of hydrogen-bond acceptors (Lipinski definition) is 3. The summed E-state index contributed by atoms with van der Waals surface area (Å²) in [5, 5.41) is 0. The smallest absolute Gasteiger partial charge is 0.239 e. The number of rotatable bonds is 4. The molecule has 90 valence electrons. The van der Waals surface area contributed by atoms with Crippen LogP contribution in [-0.2, 0) is 4.79 Å². The van der Waals surface area contributed by atoms with Crippen LogP contribution in [-0.4, -0.2) is 56.0 Å². The normalized spacial score (nSPS) is 14.1. The Labute approximate surface area is 93.4 Å². The molecule has 2 N–H and O–H groups in total. The zero-order valence-electron chi connectivity index (χ0n) is 10.9. The number of carbonyl (C=O) groups excluding carboxylic acids is 1. The van der Waals surface area contributed by atoms with Gasteiger partial charge in [0.1, 0.15) is 0 Å². The molecule has 0 saturated carbocycles. The highest BCUT2D eigenvalue weighted by atomic mass is 16.2. The van der Waals surface area contributed by atoms with Crippen molar-refractivity contribution in [3.05, 3.63) is 0 Å². The van der Waals surface area contributed by atoms with E-state index in [0.717, 1.165) is 13.1 Å². The molecule has 0 aromatic heterocycles. The minimum absolute atomic E-state index is 0.0179. The maximum absolute atomic E-state index is 11.9. The van der Waals surface area contributed by atoms with Gasteiger partial charge in [0.05, 0.1) is 6.04 Å². The molecule has 1 amide bonds. The molecular weight excluding hydrogens is 190 g/mol. The van der Waals surface area contributed by atoms with Gasteiger partial charge in [0.2, 0.25) is 5.91 Å². The molecule has 0 saturated heterocycles. The number of nitrogens with two attached hydrogens (primary N) is 1. The highest BCUT2D eigenvalue weighted by Crippen LogP contribution is 2.18. The molecule has 0 unspecified atom stereocenters. The predicted octanol–water partition coefficient (Wildman–Crippen LogP) is 0.380. The van der Waals surface area contributed by atoms with Crippen LogP contribution in [0, 0.1) is 5.41 Å². The maximum atomic E-state index is 11.9. The third-order valence-electron chi connectivity index (χ3n) is 2.46. The van der Waals surface area contributed by atoms with Crippen molar-refractivity contribution in [2.45, 2.75) is 26.8 Å². The van der Waals surface area contributed by atoms with Crippen LogP contribution in [0.3, 0.4) is 0 Å². The number of amides is 1. The largest absolute Gasteiger partial charge is 0.343 e. The van der Waals surface area contributed by atoms with E-state index >= 15 is 0 Å². The summed E-state index contributed by atoms with van der Waals surface area (Å²) >= 11 is 0. The van der Waals surface area contributed by atoms with E-state index in [4.69, 9.17) is 5.73 Å². The third kappa shape index (κ3) is 5.14. The number of likely N-dealkylation sites (N-methyl/N-ethyl adjacent to an activating group) is 2. The first-order valence-electron chi connectivity index (χ1n) is 5.31. The monoisotopic (exact) mass is 215 g/mol. The summed E-state index contributed by atoms with van der Waals surface area (Å²) in [7, 11) is 5.78. The van der Waals surface area contributed by atoms with E-state index in [-0.39, 0.29) is 11.3 Å². The van der Waals surface area contributed by atoms with Crippen molar-refractivity contribution < 1.29 is 4.79 Å². The highest BCUT2D eigenvalue weighted by Gasteiger charge is 2.29. The van der Waals surface area contributed by atoms with Crippen molar-refractivity contribution in [2.75, 3.05) is 34.2 Å². The van der Waals surface area contributed by atoms with E-state index in [1.54, 1.807) is 11.9 Å². The molecule has 0 aromatic rings. The van der Waals surface area contributed by atoms with Gasteiger partial charge >= 0.3 is 0 Å². The first kappa shape index (κ1) is 14.4. The van der Waals surface area contributed by atoms with Crippen molar-refractivity contribution >= 4 is 5.91 Å². The Morgan fingerprint density at radius 2 is 1.67 bits per heavy atom. The molecule has 0 bridgehead atoms. The van der Waals surface area contributed by atoms with Gasteiger partial charge in [-0.25, -0.2) is 0 Å². The van der Waals surface area contributed by atoms with Gasteiger partial charge in [-0.15, -0.1) is 0 Å². The molecule has 4 nitrogen and oxygen atoms in total. The minimum Gasteiger partial charge on any atom is -0.343 e. The Bertz CT molecular complexity index is 208. The highest BCUT2D eigenvalue weighted by molar-refractivity contribution is 5.82. The molecule has 0 radical (unpaired) electrons. The summed E-state index contributed by atoms with van der Waals surface area (Å²) in [6.45, 7) is 7.52. The fourth-order valence-electron chi connectivity index (χ4n) is 1.07. The topological polar surface area (TPSA) is 49.6 Å². The SMILES string of the molecule is CN(C)CCN(C)C(=O)[C@H](N)C(C)(C)C. The first-order chi connectivity index (χ1) is 6.66. The van der Waals surface area contributed by atoms with Crippen LogP contribution >= 0.6 is 0 Å². The summed E-state index contributed by atoms with van der Waals surface area (Å²) in [6.07, 6.45) is 0. The Kier molecular flexibility index (Phi) is 5.24. The quantitative estimate of drug-likeness (QED) is 0.737. The fraction of sp³-hybridized carbons (Fsp3) is 0.909. The average molecular weight is 215 g/mol. The summed E-state index contributed by atoms with van der Waals surface area (Å²) in [4.78, 5) is 15.6. The van der Waals surface area contributed by atoms with Crippen LogP contribution in [0.2, 0.25) is 0 Å². The number of carbonyl (C=O) groups is 1. The number of nitrogens with zero attached hydrogens (tertiary/aromatic N) is 2. The molecule has 0 rings (SSSR count). The Morgan fingerprint density at radius 1 is 1.20 bits per heavy atom. The molecule has 0 aliphatic heterocycles. The lowest BCUT2D eigenvalue weighted by atomic mass is 9.86. The molecule has 4 heteroatoms. The number of hydrogen-bond donors (Lipinski definition) is 1. The van der Waals surface area contributed by atoms with E-state index < -0.39 is 6.04 Å². The zero-order valence-corrected chi connectivity index (χ0v) is 10.9. The van der Waals surface area contributed by atoms with E-state index in [1.165, 1.54) is 0 Å². The third-order valence-corrected chi connectivity index (χ3v) is 2.46. The molecule has 0 heterocycles. The fourth-order valence-corrected chi connectivity index (χ4v) is 1.07. The molecule has 15 heavy (non-hydrogen) atoms. The van der Waals surface area contributed by atoms with Crippen molar-refractivity contribution in [3.8, 4) is 0 Å². The lowest BCUT2D eigenvalue weighted by Crippen LogP contribution is -2.50. The Balaban J connectivity index is 4.20. The lowest BCUT2D eigenvalue weighted by Gasteiger charge is -2.30. The van der Waals surface area contributed by atoms with Crippen LogP contribution in [0.4, 0.5) is 0 Å². The van der Waals surface area contributed by atoms with E-state index in [9.17, 15) is 4.79 Å². The van der Waals surface area contributed by atoms with Crippen LogP contribution in [0.1, 0.15) is 20.8 Å². The summed E-state index contributed by atoms with van der Waals surface area (Å²) in [5.74, 6) is 0.0179. The maximum Gasteiger partial charge on any atom is 0.239 e. The Hall–Kier alpha value is -0.610. The van der Waals surface area contributed by atoms with Crippen molar-refractivity contribution in [1.82, 2.24) is 9.80 Å². The molecule has 0 fully saturated rings.